The van der Waals surface area contributed by atoms with Crippen molar-refractivity contribution >= 4 is 5.91 Å². The highest BCUT2D eigenvalue weighted by Crippen LogP contribution is 2.00. The van der Waals surface area contributed by atoms with Gasteiger partial charge in [-0.25, -0.2) is 0 Å². The Morgan fingerprint density at radius 1 is 1.50 bits per heavy atom. The van der Waals surface area contributed by atoms with Gasteiger partial charge in [0, 0.05) is 32.6 Å². The van der Waals surface area contributed by atoms with E-state index in [2.05, 4.69) is 10.2 Å². The summed E-state index contributed by atoms with van der Waals surface area (Å²) in [6.07, 6.45) is 0.176. The van der Waals surface area contributed by atoms with E-state index < -0.39 is 6.10 Å². The van der Waals surface area contributed by atoms with Gasteiger partial charge in [-0.05, 0) is 13.8 Å². The van der Waals surface area contributed by atoms with Crippen LogP contribution in [-0.4, -0.2) is 60.9 Å². The first-order valence-corrected chi connectivity index (χ1v) is 5.86. The molecule has 1 unspecified atom stereocenters. The summed E-state index contributed by atoms with van der Waals surface area (Å²) >= 11 is 0. The summed E-state index contributed by atoms with van der Waals surface area (Å²) in [6, 6.07) is 0. The lowest BCUT2D eigenvalue weighted by molar-refractivity contribution is -0.120. The molecule has 1 amide bonds. The van der Waals surface area contributed by atoms with Gasteiger partial charge in [0.25, 0.3) is 0 Å². The highest BCUT2D eigenvalue weighted by molar-refractivity contribution is 5.76. The van der Waals surface area contributed by atoms with Crippen LogP contribution in [0.15, 0.2) is 0 Å². The van der Waals surface area contributed by atoms with E-state index in [1.807, 2.05) is 13.8 Å². The van der Waals surface area contributed by atoms with Crippen molar-refractivity contribution in [2.75, 3.05) is 32.8 Å². The van der Waals surface area contributed by atoms with Crippen LogP contribution in [0.25, 0.3) is 0 Å². The fraction of sp³-hybridized carbons (Fsp3) is 0.909. The zero-order valence-corrected chi connectivity index (χ0v) is 10.1. The number of amides is 1. The number of carbonyl (C=O) groups is 1. The Bertz CT molecular complexity index is 221. The lowest BCUT2D eigenvalue weighted by Gasteiger charge is -2.23. The molecule has 1 aliphatic heterocycles. The molecule has 0 radical (unpaired) electrons. The van der Waals surface area contributed by atoms with E-state index in [0.29, 0.717) is 32.7 Å². The molecular formula is C11H22N2O3. The predicted octanol–water partition coefficient (Wildman–Crippen LogP) is -0.406. The molecule has 94 valence electrons. The second-order valence-corrected chi connectivity index (χ2v) is 4.44. The van der Waals surface area contributed by atoms with E-state index in [0.717, 1.165) is 6.54 Å². The normalized spacial score (nSPS) is 20.6. The summed E-state index contributed by atoms with van der Waals surface area (Å²) in [5, 5.41) is 12.5. The topological polar surface area (TPSA) is 61.8 Å². The first-order chi connectivity index (χ1) is 7.58. The Balaban J connectivity index is 2.22. The van der Waals surface area contributed by atoms with Crippen LogP contribution >= 0.6 is 0 Å². The molecule has 16 heavy (non-hydrogen) atoms. The highest BCUT2D eigenvalue weighted by atomic mass is 16.5. The fourth-order valence-corrected chi connectivity index (χ4v) is 1.65. The van der Waals surface area contributed by atoms with Crippen LogP contribution < -0.4 is 5.32 Å². The molecule has 0 aliphatic carbocycles. The van der Waals surface area contributed by atoms with Gasteiger partial charge in [-0.2, -0.15) is 0 Å². The Morgan fingerprint density at radius 3 is 2.94 bits per heavy atom. The number of hydrogen-bond donors (Lipinski definition) is 2. The second kappa shape index (κ2) is 6.83. The van der Waals surface area contributed by atoms with E-state index in [1.54, 1.807) is 0 Å². The molecule has 1 rings (SSSR count). The van der Waals surface area contributed by atoms with Crippen molar-refractivity contribution in [3.63, 3.8) is 0 Å². The summed E-state index contributed by atoms with van der Waals surface area (Å²) in [5.74, 6) is 0.0930. The molecule has 0 spiro atoms. The number of ether oxygens (including phenoxy) is 1. The predicted molar refractivity (Wildman–Crippen MR) is 61.2 cm³/mol. The molecule has 0 aromatic carbocycles. The smallest absolute Gasteiger partial charge is 0.221 e. The summed E-state index contributed by atoms with van der Waals surface area (Å²) in [5.41, 5.74) is 0. The Morgan fingerprint density at radius 2 is 2.25 bits per heavy atom. The molecule has 1 aliphatic rings. The Labute approximate surface area is 96.8 Å². The largest absolute Gasteiger partial charge is 0.389 e. The molecule has 2 N–H and O–H groups in total. The zero-order valence-electron chi connectivity index (χ0n) is 10.1. The molecule has 5 nitrogen and oxygen atoms in total. The minimum absolute atomic E-state index is 0.0930. The summed E-state index contributed by atoms with van der Waals surface area (Å²) in [4.78, 5) is 13.2. The third-order valence-electron chi connectivity index (χ3n) is 2.50. The monoisotopic (exact) mass is 230 g/mol. The van der Waals surface area contributed by atoms with Crippen LogP contribution in [0.1, 0.15) is 20.3 Å². The van der Waals surface area contributed by atoms with E-state index in [4.69, 9.17) is 4.74 Å². The molecule has 0 saturated carbocycles. The molecule has 1 fully saturated rings. The van der Waals surface area contributed by atoms with Crippen LogP contribution in [-0.2, 0) is 9.53 Å². The third kappa shape index (κ3) is 5.44. The van der Waals surface area contributed by atoms with Gasteiger partial charge in [0.1, 0.15) is 0 Å². The van der Waals surface area contributed by atoms with Crippen molar-refractivity contribution in [2.24, 2.45) is 0 Å². The Kier molecular flexibility index (Phi) is 5.73. The van der Waals surface area contributed by atoms with Crippen molar-refractivity contribution in [1.29, 1.82) is 0 Å². The van der Waals surface area contributed by atoms with Crippen molar-refractivity contribution in [1.82, 2.24) is 10.2 Å². The SMILES string of the molecule is CC(C)OCC(O)CN1CCNC(=O)CC1. The Hall–Kier alpha value is -0.650. The number of hydrogen-bond acceptors (Lipinski definition) is 4. The summed E-state index contributed by atoms with van der Waals surface area (Å²) < 4.78 is 5.34. The minimum atomic E-state index is -0.476. The molecule has 1 saturated heterocycles. The van der Waals surface area contributed by atoms with Crippen molar-refractivity contribution in [3.8, 4) is 0 Å². The number of nitrogens with zero attached hydrogens (tertiary/aromatic N) is 1. The first kappa shape index (κ1) is 13.4. The van der Waals surface area contributed by atoms with E-state index in [9.17, 15) is 9.90 Å². The second-order valence-electron chi connectivity index (χ2n) is 4.44. The third-order valence-corrected chi connectivity index (χ3v) is 2.50. The zero-order chi connectivity index (χ0) is 12.0. The molecule has 0 aromatic heterocycles. The standard InChI is InChI=1S/C11H22N2O3/c1-9(2)16-8-10(14)7-13-5-3-11(15)12-4-6-13/h9-10,14H,3-8H2,1-2H3,(H,12,15). The van der Waals surface area contributed by atoms with Crippen LogP contribution in [0.5, 0.6) is 0 Å². The summed E-state index contributed by atoms with van der Waals surface area (Å²) in [6.45, 7) is 6.99. The van der Waals surface area contributed by atoms with E-state index in [1.165, 1.54) is 0 Å². The van der Waals surface area contributed by atoms with Gasteiger partial charge >= 0.3 is 0 Å². The molecular weight excluding hydrogens is 208 g/mol. The highest BCUT2D eigenvalue weighted by Gasteiger charge is 2.16. The maximum atomic E-state index is 11.1. The fourth-order valence-electron chi connectivity index (χ4n) is 1.65. The lowest BCUT2D eigenvalue weighted by atomic mass is 10.3. The number of aliphatic hydroxyl groups is 1. The van der Waals surface area contributed by atoms with Crippen molar-refractivity contribution < 1.29 is 14.6 Å². The van der Waals surface area contributed by atoms with Gasteiger partial charge in [-0.1, -0.05) is 0 Å². The van der Waals surface area contributed by atoms with Crippen LogP contribution in [0.4, 0.5) is 0 Å². The average molecular weight is 230 g/mol. The quantitative estimate of drug-likeness (QED) is 0.674. The van der Waals surface area contributed by atoms with Crippen molar-refractivity contribution in [2.45, 2.75) is 32.5 Å². The van der Waals surface area contributed by atoms with E-state index in [-0.39, 0.29) is 12.0 Å². The van der Waals surface area contributed by atoms with Gasteiger partial charge < -0.3 is 15.2 Å². The van der Waals surface area contributed by atoms with E-state index >= 15 is 0 Å². The van der Waals surface area contributed by atoms with Crippen molar-refractivity contribution in [3.05, 3.63) is 0 Å². The number of rotatable bonds is 5. The van der Waals surface area contributed by atoms with Gasteiger partial charge in [-0.15, -0.1) is 0 Å². The van der Waals surface area contributed by atoms with Gasteiger partial charge in [-0.3, -0.25) is 9.69 Å². The van der Waals surface area contributed by atoms with Gasteiger partial charge in [0.05, 0.1) is 18.8 Å². The number of β-amino-alcohol motifs (C(OH)–C–C–N with tert-alkyl or cyclic N) is 1. The van der Waals surface area contributed by atoms with Crippen LogP contribution in [0.2, 0.25) is 0 Å². The van der Waals surface area contributed by atoms with Gasteiger partial charge in [0.15, 0.2) is 0 Å². The number of carbonyl (C=O) groups excluding carboxylic acids is 1. The summed E-state index contributed by atoms with van der Waals surface area (Å²) in [7, 11) is 0. The molecule has 0 aromatic rings. The first-order valence-electron chi connectivity index (χ1n) is 5.86. The molecule has 1 heterocycles. The maximum Gasteiger partial charge on any atom is 0.221 e. The maximum absolute atomic E-state index is 11.1. The molecule has 1 atom stereocenters. The minimum Gasteiger partial charge on any atom is -0.389 e. The lowest BCUT2D eigenvalue weighted by Crippen LogP contribution is -2.37. The number of nitrogens with one attached hydrogen (secondary N) is 1. The molecule has 5 heteroatoms. The molecule has 0 bridgehead atoms. The van der Waals surface area contributed by atoms with Crippen LogP contribution in [0, 0.1) is 0 Å². The van der Waals surface area contributed by atoms with Gasteiger partial charge in [0.2, 0.25) is 5.91 Å². The van der Waals surface area contributed by atoms with Crippen LogP contribution in [0.3, 0.4) is 0 Å². The average Bonchev–Trinajstić information content (AvgIpc) is 2.41. The number of aliphatic hydroxyl groups excluding tert-OH is 1.